The Morgan fingerprint density at radius 1 is 1.26 bits per heavy atom. The Balaban J connectivity index is 2.01. The molecule has 4 heteroatoms. The minimum absolute atomic E-state index is 0.533. The van der Waals surface area contributed by atoms with Crippen LogP contribution in [0.2, 0.25) is 0 Å². The van der Waals surface area contributed by atoms with Gasteiger partial charge in [-0.25, -0.2) is 9.97 Å². The summed E-state index contributed by atoms with van der Waals surface area (Å²) in [6, 6.07) is 7.94. The summed E-state index contributed by atoms with van der Waals surface area (Å²) in [5.74, 6) is 2.21. The van der Waals surface area contributed by atoms with Crippen molar-refractivity contribution in [3.63, 3.8) is 0 Å². The van der Waals surface area contributed by atoms with Gasteiger partial charge in [-0.05, 0) is 30.2 Å². The molecule has 19 heavy (non-hydrogen) atoms. The predicted molar refractivity (Wildman–Crippen MR) is 75.1 cm³/mol. The fourth-order valence-corrected chi connectivity index (χ4v) is 2.36. The van der Waals surface area contributed by atoms with E-state index in [-0.39, 0.29) is 0 Å². The lowest BCUT2D eigenvalue weighted by atomic mass is 10.1. The number of aryl methyl sites for hydroxylation is 1. The van der Waals surface area contributed by atoms with Gasteiger partial charge in [-0.15, -0.1) is 0 Å². The Morgan fingerprint density at radius 3 is 3.00 bits per heavy atom. The zero-order valence-electron chi connectivity index (χ0n) is 11.0. The molecule has 0 aliphatic carbocycles. The molecule has 2 N–H and O–H groups in total. The van der Waals surface area contributed by atoms with Gasteiger partial charge in [0.1, 0.15) is 11.6 Å². The van der Waals surface area contributed by atoms with Gasteiger partial charge < -0.3 is 10.5 Å². The molecule has 4 nitrogen and oxygen atoms in total. The molecule has 0 fully saturated rings. The third-order valence-electron chi connectivity index (χ3n) is 3.25. The van der Waals surface area contributed by atoms with Crippen LogP contribution in [0.4, 0.5) is 5.82 Å². The minimum atomic E-state index is 0.533. The molecule has 2 heterocycles. The molecule has 98 valence electrons. The smallest absolute Gasteiger partial charge is 0.161 e. The molecular weight excluding hydrogens is 238 g/mol. The first-order valence-corrected chi connectivity index (χ1v) is 6.66. The zero-order chi connectivity index (χ0) is 13.2. The Kier molecular flexibility index (Phi) is 3.07. The average Bonchev–Trinajstić information content (AvgIpc) is 2.85. The van der Waals surface area contributed by atoms with E-state index in [0.29, 0.717) is 11.6 Å². The number of hydrogen-bond donors (Lipinski definition) is 1. The SMILES string of the molecule is CCCc1cc(N)nc(-c2ccc3c(c2)CCO3)n1. The molecule has 0 radical (unpaired) electrons. The normalized spacial score (nSPS) is 13.1. The maximum atomic E-state index is 5.86. The highest BCUT2D eigenvalue weighted by atomic mass is 16.5. The van der Waals surface area contributed by atoms with Crippen LogP contribution in [-0.2, 0) is 12.8 Å². The number of fused-ring (bicyclic) bond motifs is 1. The van der Waals surface area contributed by atoms with Crippen LogP contribution in [-0.4, -0.2) is 16.6 Å². The van der Waals surface area contributed by atoms with Gasteiger partial charge >= 0.3 is 0 Å². The number of hydrogen-bond acceptors (Lipinski definition) is 4. The van der Waals surface area contributed by atoms with Crippen molar-refractivity contribution in [3.05, 3.63) is 35.5 Å². The van der Waals surface area contributed by atoms with Crippen LogP contribution in [0.3, 0.4) is 0 Å². The molecular formula is C15H17N3O. The van der Waals surface area contributed by atoms with Gasteiger partial charge in [-0.1, -0.05) is 13.3 Å². The monoisotopic (exact) mass is 255 g/mol. The van der Waals surface area contributed by atoms with Crippen LogP contribution in [0.1, 0.15) is 24.6 Å². The standard InChI is InChI=1S/C15H17N3O/c1-2-3-12-9-14(16)18-15(17-12)11-4-5-13-10(8-11)6-7-19-13/h4-5,8-9H,2-3,6-7H2,1H3,(H2,16,17,18). The van der Waals surface area contributed by atoms with Gasteiger partial charge in [0.2, 0.25) is 0 Å². The van der Waals surface area contributed by atoms with E-state index in [4.69, 9.17) is 10.5 Å². The second kappa shape index (κ2) is 4.88. The quantitative estimate of drug-likeness (QED) is 0.915. The third-order valence-corrected chi connectivity index (χ3v) is 3.25. The number of aromatic nitrogens is 2. The second-order valence-corrected chi connectivity index (χ2v) is 4.78. The predicted octanol–water partition coefficient (Wildman–Crippen LogP) is 2.61. The van der Waals surface area contributed by atoms with E-state index in [2.05, 4.69) is 23.0 Å². The Morgan fingerprint density at radius 2 is 2.16 bits per heavy atom. The molecule has 1 aliphatic rings. The van der Waals surface area contributed by atoms with Crippen LogP contribution in [0, 0.1) is 0 Å². The first-order chi connectivity index (χ1) is 9.26. The molecule has 0 saturated carbocycles. The van der Waals surface area contributed by atoms with Gasteiger partial charge in [0.25, 0.3) is 0 Å². The van der Waals surface area contributed by atoms with E-state index in [1.54, 1.807) is 0 Å². The van der Waals surface area contributed by atoms with Crippen LogP contribution in [0.5, 0.6) is 5.75 Å². The van der Waals surface area contributed by atoms with Gasteiger partial charge in [-0.3, -0.25) is 0 Å². The minimum Gasteiger partial charge on any atom is -0.493 e. The highest BCUT2D eigenvalue weighted by molar-refractivity contribution is 5.61. The summed E-state index contributed by atoms with van der Waals surface area (Å²) in [5.41, 5.74) is 9.10. The molecule has 0 unspecified atom stereocenters. The summed E-state index contributed by atoms with van der Waals surface area (Å²) in [7, 11) is 0. The number of benzene rings is 1. The Bertz CT molecular complexity index is 610. The van der Waals surface area contributed by atoms with Gasteiger partial charge in [-0.2, -0.15) is 0 Å². The average molecular weight is 255 g/mol. The molecule has 3 rings (SSSR count). The van der Waals surface area contributed by atoms with Gasteiger partial charge in [0.15, 0.2) is 5.82 Å². The van der Waals surface area contributed by atoms with Crippen molar-refractivity contribution in [2.24, 2.45) is 0 Å². The van der Waals surface area contributed by atoms with Gasteiger partial charge in [0, 0.05) is 23.7 Å². The molecule has 0 atom stereocenters. The van der Waals surface area contributed by atoms with E-state index in [0.717, 1.165) is 42.9 Å². The molecule has 0 saturated heterocycles. The molecule has 1 aliphatic heterocycles. The number of anilines is 1. The van der Waals surface area contributed by atoms with E-state index < -0.39 is 0 Å². The number of nitrogens with zero attached hydrogens (tertiary/aromatic N) is 2. The molecule has 1 aromatic heterocycles. The number of nitrogens with two attached hydrogens (primary N) is 1. The highest BCUT2D eigenvalue weighted by Crippen LogP contribution is 2.29. The molecule has 0 spiro atoms. The van der Waals surface area contributed by atoms with E-state index in [1.807, 2.05) is 18.2 Å². The maximum absolute atomic E-state index is 5.86. The number of nitrogen functional groups attached to an aromatic ring is 1. The van der Waals surface area contributed by atoms with E-state index in [1.165, 1.54) is 5.56 Å². The first kappa shape index (κ1) is 12.0. The summed E-state index contributed by atoms with van der Waals surface area (Å²) in [6.45, 7) is 2.89. The van der Waals surface area contributed by atoms with Crippen molar-refractivity contribution in [2.45, 2.75) is 26.2 Å². The van der Waals surface area contributed by atoms with Crippen molar-refractivity contribution < 1.29 is 4.74 Å². The summed E-state index contributed by atoms with van der Waals surface area (Å²) >= 11 is 0. The van der Waals surface area contributed by atoms with Crippen molar-refractivity contribution in [1.29, 1.82) is 0 Å². The van der Waals surface area contributed by atoms with Crippen LogP contribution < -0.4 is 10.5 Å². The topological polar surface area (TPSA) is 61.0 Å². The molecule has 0 amide bonds. The fourth-order valence-electron chi connectivity index (χ4n) is 2.36. The Hall–Kier alpha value is -2.10. The van der Waals surface area contributed by atoms with Crippen molar-refractivity contribution in [3.8, 4) is 17.1 Å². The Labute approximate surface area is 112 Å². The summed E-state index contributed by atoms with van der Waals surface area (Å²) < 4.78 is 5.51. The number of ether oxygens (including phenoxy) is 1. The maximum Gasteiger partial charge on any atom is 0.161 e. The zero-order valence-corrected chi connectivity index (χ0v) is 11.0. The lowest BCUT2D eigenvalue weighted by Crippen LogP contribution is -2.00. The second-order valence-electron chi connectivity index (χ2n) is 4.78. The van der Waals surface area contributed by atoms with Crippen molar-refractivity contribution in [1.82, 2.24) is 9.97 Å². The lowest BCUT2D eigenvalue weighted by molar-refractivity contribution is 0.357. The fraction of sp³-hybridized carbons (Fsp3) is 0.333. The van der Waals surface area contributed by atoms with Gasteiger partial charge in [0.05, 0.1) is 6.61 Å². The lowest BCUT2D eigenvalue weighted by Gasteiger charge is -2.06. The molecule has 2 aromatic rings. The highest BCUT2D eigenvalue weighted by Gasteiger charge is 2.14. The summed E-state index contributed by atoms with van der Waals surface area (Å²) in [6.07, 6.45) is 2.93. The van der Waals surface area contributed by atoms with Crippen LogP contribution in [0.25, 0.3) is 11.4 Å². The molecule has 0 bridgehead atoms. The third kappa shape index (κ3) is 2.38. The van der Waals surface area contributed by atoms with Crippen LogP contribution >= 0.6 is 0 Å². The van der Waals surface area contributed by atoms with E-state index >= 15 is 0 Å². The van der Waals surface area contributed by atoms with E-state index in [9.17, 15) is 0 Å². The number of rotatable bonds is 3. The van der Waals surface area contributed by atoms with Crippen molar-refractivity contribution >= 4 is 5.82 Å². The largest absolute Gasteiger partial charge is 0.493 e. The molecule has 1 aromatic carbocycles. The van der Waals surface area contributed by atoms with Crippen molar-refractivity contribution in [2.75, 3.05) is 12.3 Å². The van der Waals surface area contributed by atoms with Crippen LogP contribution in [0.15, 0.2) is 24.3 Å². The summed E-state index contributed by atoms with van der Waals surface area (Å²) in [4.78, 5) is 8.92. The summed E-state index contributed by atoms with van der Waals surface area (Å²) in [5, 5.41) is 0. The first-order valence-electron chi connectivity index (χ1n) is 6.66.